The highest BCUT2D eigenvalue weighted by Gasteiger charge is 2.36. The number of benzene rings is 2. The van der Waals surface area contributed by atoms with Crippen LogP contribution in [0.2, 0.25) is 0 Å². The fourth-order valence-electron chi connectivity index (χ4n) is 3.23. The molecule has 3 N–H and O–H groups in total. The van der Waals surface area contributed by atoms with Crippen molar-refractivity contribution in [2.75, 3.05) is 11.9 Å². The van der Waals surface area contributed by atoms with Gasteiger partial charge in [0.15, 0.2) is 0 Å². The van der Waals surface area contributed by atoms with Gasteiger partial charge in [-0.2, -0.15) is 0 Å². The number of rotatable bonds is 7. The largest absolute Gasteiger partial charge is 0.478 e. The van der Waals surface area contributed by atoms with Gasteiger partial charge in [0.05, 0.1) is 16.0 Å². The number of hydrogen-bond acceptors (Lipinski definition) is 7. The van der Waals surface area contributed by atoms with E-state index < -0.39 is 35.5 Å². The van der Waals surface area contributed by atoms with E-state index in [0.717, 1.165) is 11.0 Å². The van der Waals surface area contributed by atoms with E-state index in [1.54, 1.807) is 30.3 Å². The third-order valence-corrected chi connectivity index (χ3v) is 5.75. The summed E-state index contributed by atoms with van der Waals surface area (Å²) >= 11 is 0.646. The molecule has 1 aliphatic rings. The molecule has 0 unspecified atom stereocenters. The monoisotopic (exact) mass is 492 g/mol. The molecule has 0 spiro atoms. The molecule has 4 rings (SSSR count). The maximum Gasteiger partial charge on any atom is 0.335 e. The quantitative estimate of drug-likeness (QED) is 0.415. The van der Waals surface area contributed by atoms with Crippen molar-refractivity contribution in [1.82, 2.24) is 4.90 Å². The minimum Gasteiger partial charge on any atom is -0.478 e. The lowest BCUT2D eigenvalue weighted by Crippen LogP contribution is -2.36. The number of anilines is 1. The average molecular weight is 492 g/mol. The molecule has 0 bridgehead atoms. The molecule has 0 atom stereocenters. The van der Waals surface area contributed by atoms with Gasteiger partial charge in [0.25, 0.3) is 11.1 Å². The van der Waals surface area contributed by atoms with Crippen molar-refractivity contribution in [1.29, 1.82) is 0 Å². The van der Waals surface area contributed by atoms with E-state index in [1.165, 1.54) is 30.3 Å². The van der Waals surface area contributed by atoms with Crippen LogP contribution in [0.5, 0.6) is 0 Å². The summed E-state index contributed by atoms with van der Waals surface area (Å²) in [6, 6.07) is 15.1. The molecular weight excluding hydrogens is 476 g/mol. The summed E-state index contributed by atoms with van der Waals surface area (Å²) in [7, 11) is 0. The van der Waals surface area contributed by atoms with Crippen LogP contribution in [-0.4, -0.2) is 50.6 Å². The number of nitrogens with zero attached hydrogens (tertiary/aromatic N) is 1. The Morgan fingerprint density at radius 3 is 2.23 bits per heavy atom. The van der Waals surface area contributed by atoms with Crippen molar-refractivity contribution in [3.8, 4) is 11.3 Å². The first-order valence-corrected chi connectivity index (χ1v) is 10.8. The minimum atomic E-state index is -1.30. The molecule has 1 saturated heterocycles. The van der Waals surface area contributed by atoms with Crippen LogP contribution in [0.15, 0.2) is 70.0 Å². The molecule has 1 aliphatic heterocycles. The van der Waals surface area contributed by atoms with E-state index in [2.05, 4.69) is 5.32 Å². The first kappa shape index (κ1) is 23.5. The number of amides is 3. The van der Waals surface area contributed by atoms with Crippen LogP contribution in [0.3, 0.4) is 0 Å². The standard InChI is InChI=1S/C24H16N2O8S/c27-20(25-16-4-2-1-3-5-16)12-26-21(28)19(35-24(26)33)11-17-6-7-18(34-17)13-8-14(22(29)30)10-15(9-13)23(31)32/h1-11H,12H2,(H,25,27)(H,29,30)(H,31,32)/b19-11-. The molecule has 3 amide bonds. The summed E-state index contributed by atoms with van der Waals surface area (Å²) in [4.78, 5) is 60.8. The number of carbonyl (C=O) groups is 5. The Morgan fingerprint density at radius 1 is 0.943 bits per heavy atom. The second-order valence-electron chi connectivity index (χ2n) is 7.29. The highest BCUT2D eigenvalue weighted by molar-refractivity contribution is 8.18. The van der Waals surface area contributed by atoms with Crippen LogP contribution in [0.4, 0.5) is 10.5 Å². The first-order valence-electron chi connectivity index (χ1n) is 10.0. The van der Waals surface area contributed by atoms with Gasteiger partial charge in [-0.05, 0) is 54.2 Å². The van der Waals surface area contributed by atoms with Gasteiger partial charge >= 0.3 is 11.9 Å². The lowest BCUT2D eigenvalue weighted by atomic mass is 10.0. The number of para-hydroxylation sites is 1. The van der Waals surface area contributed by atoms with Crippen molar-refractivity contribution < 1.29 is 38.6 Å². The molecule has 35 heavy (non-hydrogen) atoms. The maximum atomic E-state index is 12.7. The van der Waals surface area contributed by atoms with Gasteiger partial charge in [0.1, 0.15) is 18.1 Å². The Kier molecular flexibility index (Phi) is 6.51. The van der Waals surface area contributed by atoms with Crippen LogP contribution in [0.25, 0.3) is 17.4 Å². The maximum absolute atomic E-state index is 12.7. The molecule has 1 aromatic heterocycles. The number of furan rings is 1. The molecular formula is C24H16N2O8S. The van der Waals surface area contributed by atoms with Gasteiger partial charge in [-0.15, -0.1) is 0 Å². The summed E-state index contributed by atoms with van der Waals surface area (Å²) in [6.07, 6.45) is 1.32. The van der Waals surface area contributed by atoms with Crippen LogP contribution in [0, 0.1) is 0 Å². The zero-order chi connectivity index (χ0) is 25.1. The Hall–Kier alpha value is -4.64. The number of carbonyl (C=O) groups excluding carboxylic acids is 3. The molecule has 0 radical (unpaired) electrons. The van der Waals surface area contributed by atoms with Crippen molar-refractivity contribution in [3.63, 3.8) is 0 Å². The number of thioether (sulfide) groups is 1. The number of carboxylic acids is 2. The Labute approximate surface area is 201 Å². The van der Waals surface area contributed by atoms with Gasteiger partial charge < -0.3 is 19.9 Å². The highest BCUT2D eigenvalue weighted by Crippen LogP contribution is 2.33. The zero-order valence-corrected chi connectivity index (χ0v) is 18.6. The zero-order valence-electron chi connectivity index (χ0n) is 17.8. The van der Waals surface area contributed by atoms with Crippen molar-refractivity contribution >= 4 is 52.5 Å². The summed E-state index contributed by atoms with van der Waals surface area (Å²) in [5, 5.41) is 20.5. The normalized spacial score (nSPS) is 14.4. The summed E-state index contributed by atoms with van der Waals surface area (Å²) in [5.74, 6) is -3.45. The SMILES string of the molecule is O=C(CN1C(=O)S/C(=C\c2ccc(-c3cc(C(=O)O)cc(C(=O)O)c3)o2)C1=O)Nc1ccccc1. The van der Waals surface area contributed by atoms with E-state index in [0.29, 0.717) is 17.4 Å². The molecule has 0 aliphatic carbocycles. The molecule has 10 nitrogen and oxygen atoms in total. The topological polar surface area (TPSA) is 154 Å². The van der Waals surface area contributed by atoms with E-state index in [1.807, 2.05) is 0 Å². The molecule has 2 aromatic carbocycles. The number of aromatic carboxylic acids is 2. The van der Waals surface area contributed by atoms with Crippen molar-refractivity contribution in [2.45, 2.75) is 0 Å². The second kappa shape index (κ2) is 9.69. The van der Waals surface area contributed by atoms with E-state index in [9.17, 15) is 34.2 Å². The number of imide groups is 1. The second-order valence-corrected chi connectivity index (χ2v) is 8.29. The lowest BCUT2D eigenvalue weighted by molar-refractivity contribution is -0.127. The van der Waals surface area contributed by atoms with Gasteiger partial charge in [-0.3, -0.25) is 19.3 Å². The van der Waals surface area contributed by atoms with Crippen LogP contribution in [-0.2, 0) is 9.59 Å². The molecule has 2 heterocycles. The van der Waals surface area contributed by atoms with E-state index in [4.69, 9.17) is 4.42 Å². The Bertz CT molecular complexity index is 1360. The number of hydrogen-bond donors (Lipinski definition) is 3. The number of carboxylic acid groups (broad SMARTS) is 2. The van der Waals surface area contributed by atoms with Gasteiger partial charge in [-0.25, -0.2) is 9.59 Å². The third kappa shape index (κ3) is 5.31. The molecule has 176 valence electrons. The average Bonchev–Trinajstić information content (AvgIpc) is 3.39. The van der Waals surface area contributed by atoms with Gasteiger partial charge in [0.2, 0.25) is 5.91 Å². The van der Waals surface area contributed by atoms with E-state index in [-0.39, 0.29) is 33.1 Å². The molecule has 0 saturated carbocycles. The molecule has 11 heteroatoms. The summed E-state index contributed by atoms with van der Waals surface area (Å²) < 4.78 is 5.64. The minimum absolute atomic E-state index is 0.0360. The predicted octanol–water partition coefficient (Wildman–Crippen LogP) is 4.02. The summed E-state index contributed by atoms with van der Waals surface area (Å²) in [5.41, 5.74) is 0.286. The third-order valence-electron chi connectivity index (χ3n) is 4.84. The van der Waals surface area contributed by atoms with Crippen LogP contribution in [0.1, 0.15) is 26.5 Å². The molecule has 3 aromatic rings. The van der Waals surface area contributed by atoms with Gasteiger partial charge in [0, 0.05) is 17.3 Å². The fraction of sp³-hybridized carbons (Fsp3) is 0.0417. The van der Waals surface area contributed by atoms with Gasteiger partial charge in [-0.1, -0.05) is 18.2 Å². The lowest BCUT2D eigenvalue weighted by Gasteiger charge is -2.12. The smallest absolute Gasteiger partial charge is 0.335 e. The number of nitrogens with one attached hydrogen (secondary N) is 1. The van der Waals surface area contributed by atoms with Crippen molar-refractivity contribution in [3.05, 3.63) is 82.5 Å². The van der Waals surface area contributed by atoms with Crippen LogP contribution >= 0.6 is 11.8 Å². The predicted molar refractivity (Wildman–Crippen MR) is 126 cm³/mol. The van der Waals surface area contributed by atoms with E-state index >= 15 is 0 Å². The Balaban J connectivity index is 1.51. The Morgan fingerprint density at radius 2 is 1.60 bits per heavy atom. The van der Waals surface area contributed by atoms with Crippen LogP contribution < -0.4 is 5.32 Å². The first-order chi connectivity index (χ1) is 16.7. The summed E-state index contributed by atoms with van der Waals surface area (Å²) in [6.45, 7) is -0.458. The molecule has 1 fully saturated rings. The fourth-order valence-corrected chi connectivity index (χ4v) is 4.05. The highest BCUT2D eigenvalue weighted by atomic mass is 32.2. The van der Waals surface area contributed by atoms with Crippen molar-refractivity contribution in [2.24, 2.45) is 0 Å².